The predicted octanol–water partition coefficient (Wildman–Crippen LogP) is 5.45. The van der Waals surface area contributed by atoms with Crippen molar-refractivity contribution in [1.82, 2.24) is 20.6 Å². The number of phenolic OH excluding ortho intramolecular Hbond substituents is 1. The molecule has 17 heteroatoms. The summed E-state index contributed by atoms with van der Waals surface area (Å²) in [6.45, 7) is 8.78. The number of pyridine rings is 1. The van der Waals surface area contributed by atoms with E-state index in [1.54, 1.807) is 24.3 Å². The first-order valence-corrected chi connectivity index (χ1v) is 22.1. The Hall–Kier alpha value is -5.37. The number of benzene rings is 1. The predicted molar refractivity (Wildman–Crippen MR) is 235 cm³/mol. The lowest BCUT2D eigenvalue weighted by atomic mass is 9.82. The smallest absolute Gasteiger partial charge is 0.411 e. The van der Waals surface area contributed by atoms with Gasteiger partial charge in [0.05, 0.1) is 42.6 Å². The highest BCUT2D eigenvalue weighted by molar-refractivity contribution is 8.13. The number of allylic oxidation sites excluding steroid dienone is 3. The van der Waals surface area contributed by atoms with E-state index in [0.717, 1.165) is 18.9 Å². The van der Waals surface area contributed by atoms with Crippen molar-refractivity contribution in [3.63, 3.8) is 0 Å². The van der Waals surface area contributed by atoms with Gasteiger partial charge in [0.15, 0.2) is 23.5 Å². The largest absolute Gasteiger partial charge is 0.508 e. The molecule has 8 unspecified atom stereocenters. The molecule has 0 radical (unpaired) electrons. The van der Waals surface area contributed by atoms with Gasteiger partial charge in [0.1, 0.15) is 23.7 Å². The average Bonchev–Trinajstić information content (AvgIpc) is 3.62. The van der Waals surface area contributed by atoms with Crippen molar-refractivity contribution in [3.8, 4) is 29.4 Å². The van der Waals surface area contributed by atoms with E-state index in [1.807, 2.05) is 20.8 Å². The highest BCUT2D eigenvalue weighted by Crippen LogP contribution is 2.43. The van der Waals surface area contributed by atoms with E-state index in [-0.39, 0.29) is 62.9 Å². The zero-order valence-electron chi connectivity index (χ0n) is 36.2. The van der Waals surface area contributed by atoms with Gasteiger partial charge >= 0.3 is 6.09 Å². The molecule has 64 heavy (non-hydrogen) atoms. The molecule has 2 aliphatic carbocycles. The molecule has 0 bridgehead atoms. The summed E-state index contributed by atoms with van der Waals surface area (Å²) in [6.07, 6.45) is -3.26. The standard InChI is InChI=1S/C47H51FN4O11S/c1-24(2)50-33-15-16-39(60-25(33)3)62-38-23-47(48,44(57)43-42-29(17-19-49-43)32-21-28(54)13-14-34(32)51-42)26(4)61-45(38)63-37-12-10-8-7-9-11-31-40(37)30(18-20-64-27(5)53)35(55)22-36(56)41(31)52-46(58)59-6/h7-8,13-14,17-19,21,24-26,33,35,37-40,45,50-51,54-55H,15-16,20,22-23H2,1-6H3,(H,52,58)/b8-7-,30-18-/t25?,26?,33?,35-,37-,38?,39?,40?,45?,47?/m0/s1. The second-order valence-electron chi connectivity index (χ2n) is 16.4. The van der Waals surface area contributed by atoms with Gasteiger partial charge in [-0.25, -0.2) is 9.18 Å². The number of fused-ring (bicyclic) bond motifs is 4. The third-order valence-electron chi connectivity index (χ3n) is 11.7. The summed E-state index contributed by atoms with van der Waals surface area (Å²) in [5.41, 5.74) is -2.04. The van der Waals surface area contributed by atoms with E-state index in [9.17, 15) is 29.4 Å². The second kappa shape index (κ2) is 19.8. The minimum Gasteiger partial charge on any atom is -0.508 e. The molecule has 4 aliphatic rings. The summed E-state index contributed by atoms with van der Waals surface area (Å²) in [5.74, 6) is 9.05. The lowest BCUT2D eigenvalue weighted by molar-refractivity contribution is -0.319. The lowest BCUT2D eigenvalue weighted by Crippen LogP contribution is -2.59. The Labute approximate surface area is 373 Å². The molecule has 2 aromatic heterocycles. The number of rotatable bonds is 11. The fourth-order valence-corrected chi connectivity index (χ4v) is 9.07. The van der Waals surface area contributed by atoms with Crippen molar-refractivity contribution in [1.29, 1.82) is 0 Å². The Balaban J connectivity index is 1.30. The van der Waals surface area contributed by atoms with E-state index in [0.29, 0.717) is 29.1 Å². The van der Waals surface area contributed by atoms with Crippen LogP contribution in [0.5, 0.6) is 5.75 Å². The number of aliphatic hydroxyl groups is 1. The van der Waals surface area contributed by atoms with E-state index < -0.39 is 79.1 Å². The van der Waals surface area contributed by atoms with Crippen LogP contribution < -0.4 is 10.6 Å². The third-order valence-corrected chi connectivity index (χ3v) is 12.4. The van der Waals surface area contributed by atoms with Gasteiger partial charge in [0, 0.05) is 65.7 Å². The highest BCUT2D eigenvalue weighted by Gasteiger charge is 2.56. The van der Waals surface area contributed by atoms with Crippen molar-refractivity contribution in [2.75, 3.05) is 12.9 Å². The van der Waals surface area contributed by atoms with Crippen LogP contribution in [0.2, 0.25) is 0 Å². The van der Waals surface area contributed by atoms with Crippen LogP contribution in [0, 0.1) is 29.6 Å². The molecule has 1 amide bonds. The van der Waals surface area contributed by atoms with Crippen LogP contribution in [0.25, 0.3) is 21.8 Å². The fourth-order valence-electron chi connectivity index (χ4n) is 8.56. The van der Waals surface area contributed by atoms with E-state index >= 15 is 4.39 Å². The van der Waals surface area contributed by atoms with Crippen LogP contribution in [0.15, 0.2) is 65.5 Å². The summed E-state index contributed by atoms with van der Waals surface area (Å²) in [6, 6.07) is 6.56. The number of alkyl carbamates (subject to hydrolysis) is 1. The molecule has 0 spiro atoms. The van der Waals surface area contributed by atoms with Gasteiger partial charge in [-0.15, -0.1) is 0 Å². The van der Waals surface area contributed by atoms with Gasteiger partial charge in [-0.1, -0.05) is 55.4 Å². The normalized spacial score (nSPS) is 30.5. The number of methoxy groups -OCH3 is 1. The van der Waals surface area contributed by atoms with E-state index in [1.165, 1.54) is 38.3 Å². The molecule has 4 heterocycles. The molecule has 0 saturated carbocycles. The number of aliphatic hydroxyl groups excluding tert-OH is 1. The summed E-state index contributed by atoms with van der Waals surface area (Å²) in [7, 11) is 1.13. The first-order chi connectivity index (χ1) is 30.6. The Kier molecular flexibility index (Phi) is 14.4. The number of nitrogens with zero attached hydrogens (tertiary/aromatic N) is 1. The Morgan fingerprint density at radius 2 is 1.91 bits per heavy atom. The molecule has 2 fully saturated rings. The maximum absolute atomic E-state index is 18.0. The summed E-state index contributed by atoms with van der Waals surface area (Å²) < 4.78 is 48.9. The number of aromatic amines is 1. The number of Topliss-reactive ketones (excluding diaryl/α,β-unsaturated/α-hetero) is 2. The SMILES string of the molecule is COC(=O)NC1=C2C#C/C=C\C#C[C@H](OC3OC(C)C(F)(C(=O)c4nccc5c4[nH]c4ccc(O)cc45)CC3OC3CCC(NC(C)C)C(C)O3)C2/C(=C\CSC(C)=O)[C@@H](O)CC1=O. The van der Waals surface area contributed by atoms with E-state index in [4.69, 9.17) is 23.7 Å². The first kappa shape index (κ1) is 46.6. The number of phenols is 1. The number of H-pyrrole nitrogens is 1. The monoisotopic (exact) mass is 898 g/mol. The molecule has 3 aromatic rings. The minimum atomic E-state index is -2.74. The first-order valence-electron chi connectivity index (χ1n) is 21.1. The number of carbonyl (C=O) groups excluding carboxylic acids is 4. The van der Waals surface area contributed by atoms with Crippen LogP contribution in [0.1, 0.15) is 70.8 Å². The number of hydrogen-bond acceptors (Lipinski definition) is 14. The summed E-state index contributed by atoms with van der Waals surface area (Å²) in [4.78, 5) is 60.6. The van der Waals surface area contributed by atoms with Gasteiger partial charge in [-0.05, 0) is 68.7 Å². The van der Waals surface area contributed by atoms with Gasteiger partial charge in [0.25, 0.3) is 0 Å². The van der Waals surface area contributed by atoms with Gasteiger partial charge in [-0.3, -0.25) is 24.7 Å². The zero-order chi connectivity index (χ0) is 45.9. The average molecular weight is 899 g/mol. The zero-order valence-corrected chi connectivity index (χ0v) is 37.0. The number of carbonyl (C=O) groups is 4. The Morgan fingerprint density at radius 1 is 1.12 bits per heavy atom. The number of aromatic hydroxyl groups is 1. The third kappa shape index (κ3) is 9.96. The molecule has 1 aromatic carbocycles. The van der Waals surface area contributed by atoms with Gasteiger partial charge in [-0.2, -0.15) is 0 Å². The van der Waals surface area contributed by atoms with Crippen LogP contribution in [0.4, 0.5) is 9.18 Å². The Morgan fingerprint density at radius 3 is 2.64 bits per heavy atom. The molecule has 7 rings (SSSR count). The van der Waals surface area contributed by atoms with Crippen LogP contribution in [-0.4, -0.2) is 117 Å². The van der Waals surface area contributed by atoms with Gasteiger partial charge in [0.2, 0.25) is 11.5 Å². The Bertz CT molecular complexity index is 2550. The quantitative estimate of drug-likeness (QED) is 0.0922. The number of thioether (sulfide) groups is 1. The molecule has 2 aliphatic heterocycles. The topological polar surface area (TPSA) is 208 Å². The molecular weight excluding hydrogens is 848 g/mol. The van der Waals surface area contributed by atoms with Crippen molar-refractivity contribution in [3.05, 3.63) is 71.2 Å². The number of hydrogen-bond donors (Lipinski definition) is 5. The maximum Gasteiger partial charge on any atom is 0.411 e. The molecule has 5 N–H and O–H groups in total. The second-order valence-corrected chi connectivity index (χ2v) is 17.6. The van der Waals surface area contributed by atoms with Crippen molar-refractivity contribution in [2.45, 2.75) is 121 Å². The molecule has 2 saturated heterocycles. The van der Waals surface area contributed by atoms with Crippen LogP contribution >= 0.6 is 11.8 Å². The number of ketones is 2. The van der Waals surface area contributed by atoms with Crippen LogP contribution in [0.3, 0.4) is 0 Å². The molecule has 10 atom stereocenters. The minimum absolute atomic E-state index is 0.0122. The van der Waals surface area contributed by atoms with Crippen molar-refractivity contribution in [2.24, 2.45) is 5.92 Å². The number of nitrogens with one attached hydrogen (secondary N) is 3. The van der Waals surface area contributed by atoms with E-state index in [2.05, 4.69) is 44.3 Å². The van der Waals surface area contributed by atoms with Gasteiger partial charge < -0.3 is 44.2 Å². The fraction of sp³-hybridized carbons (Fsp3) is 0.468. The molecular formula is C47H51FN4O11S. The van der Waals surface area contributed by atoms with Crippen molar-refractivity contribution < 1.29 is 57.5 Å². The number of ether oxygens (including phenoxy) is 5. The molecule has 15 nitrogen and oxygen atoms in total. The van der Waals surface area contributed by atoms with Crippen LogP contribution in [-0.2, 0) is 33.3 Å². The number of amides is 1. The number of alkyl halides is 1. The summed E-state index contributed by atoms with van der Waals surface area (Å²) in [5, 5.41) is 28.8. The highest BCUT2D eigenvalue weighted by atomic mass is 32.2. The summed E-state index contributed by atoms with van der Waals surface area (Å²) >= 11 is 0.968. The molecule has 338 valence electrons. The maximum atomic E-state index is 18.0. The van der Waals surface area contributed by atoms with Crippen molar-refractivity contribution >= 4 is 56.3 Å². The number of halogens is 1. The number of aromatic nitrogens is 2. The lowest BCUT2D eigenvalue weighted by Gasteiger charge is -2.45.